The van der Waals surface area contributed by atoms with Gasteiger partial charge in [-0.3, -0.25) is 0 Å². The van der Waals surface area contributed by atoms with Crippen LogP contribution in [0.2, 0.25) is 10.0 Å². The third kappa shape index (κ3) is 3.07. The van der Waals surface area contributed by atoms with Crippen molar-refractivity contribution in [2.24, 2.45) is 0 Å². The van der Waals surface area contributed by atoms with Gasteiger partial charge in [-0.05, 0) is 36.2 Å². The standard InChI is InChI=1S/C15H13BrCl2O/c1-9-4-3-5-11(15(9)18)14(16)12-8-10(17)6-7-13(12)19-2/h3-8,14H,1-2H3. The number of aryl methyl sites for hydroxylation is 1. The summed E-state index contributed by atoms with van der Waals surface area (Å²) in [4.78, 5) is -0.0615. The van der Waals surface area contributed by atoms with Gasteiger partial charge in [0, 0.05) is 15.6 Å². The topological polar surface area (TPSA) is 9.23 Å². The van der Waals surface area contributed by atoms with Crippen molar-refractivity contribution in [1.29, 1.82) is 0 Å². The lowest BCUT2D eigenvalue weighted by Gasteiger charge is -2.17. The highest BCUT2D eigenvalue weighted by atomic mass is 79.9. The molecule has 0 heterocycles. The maximum Gasteiger partial charge on any atom is 0.123 e. The Bertz CT molecular complexity index is 599. The van der Waals surface area contributed by atoms with Crippen LogP contribution in [-0.4, -0.2) is 7.11 Å². The molecular formula is C15H13BrCl2O. The maximum absolute atomic E-state index is 6.37. The van der Waals surface area contributed by atoms with E-state index in [-0.39, 0.29) is 4.83 Å². The molecule has 0 aliphatic heterocycles. The Labute approximate surface area is 131 Å². The average Bonchev–Trinajstić information content (AvgIpc) is 2.41. The van der Waals surface area contributed by atoms with Crippen LogP contribution < -0.4 is 4.74 Å². The van der Waals surface area contributed by atoms with Crippen molar-refractivity contribution in [3.63, 3.8) is 0 Å². The largest absolute Gasteiger partial charge is 0.496 e. The molecule has 100 valence electrons. The van der Waals surface area contributed by atoms with E-state index in [1.165, 1.54) is 0 Å². The second kappa shape index (κ2) is 6.17. The predicted octanol–water partition coefficient (Wildman–Crippen LogP) is 5.79. The molecule has 0 saturated heterocycles. The van der Waals surface area contributed by atoms with Crippen LogP contribution in [0, 0.1) is 6.92 Å². The molecule has 0 spiro atoms. The van der Waals surface area contributed by atoms with E-state index < -0.39 is 0 Å². The normalized spacial score (nSPS) is 12.3. The molecule has 1 nitrogen and oxygen atoms in total. The molecule has 4 heteroatoms. The van der Waals surface area contributed by atoms with Crippen molar-refractivity contribution in [2.45, 2.75) is 11.8 Å². The van der Waals surface area contributed by atoms with Crippen LogP contribution in [-0.2, 0) is 0 Å². The summed E-state index contributed by atoms with van der Waals surface area (Å²) in [5, 5.41) is 1.43. The molecule has 0 N–H and O–H groups in total. The number of halogens is 3. The van der Waals surface area contributed by atoms with Gasteiger partial charge in [0.25, 0.3) is 0 Å². The molecule has 1 atom stereocenters. The van der Waals surface area contributed by atoms with Gasteiger partial charge in [-0.15, -0.1) is 0 Å². The molecular weight excluding hydrogens is 347 g/mol. The molecule has 0 bridgehead atoms. The lowest BCUT2D eigenvalue weighted by atomic mass is 10.0. The number of benzene rings is 2. The Kier molecular flexibility index (Phi) is 4.77. The van der Waals surface area contributed by atoms with E-state index in [9.17, 15) is 0 Å². The van der Waals surface area contributed by atoms with E-state index in [0.29, 0.717) is 5.02 Å². The molecule has 2 aromatic rings. The van der Waals surface area contributed by atoms with Gasteiger partial charge in [-0.1, -0.05) is 57.3 Å². The summed E-state index contributed by atoms with van der Waals surface area (Å²) < 4.78 is 5.38. The van der Waals surface area contributed by atoms with Gasteiger partial charge in [0.2, 0.25) is 0 Å². The summed E-state index contributed by atoms with van der Waals surface area (Å²) in [7, 11) is 1.64. The summed E-state index contributed by atoms with van der Waals surface area (Å²) in [5.41, 5.74) is 3.01. The van der Waals surface area contributed by atoms with Gasteiger partial charge >= 0.3 is 0 Å². The van der Waals surface area contributed by atoms with Crippen LogP contribution in [0.4, 0.5) is 0 Å². The Balaban J connectivity index is 2.52. The smallest absolute Gasteiger partial charge is 0.123 e. The fourth-order valence-electron chi connectivity index (χ4n) is 1.94. The highest BCUT2D eigenvalue weighted by molar-refractivity contribution is 9.09. The summed E-state index contributed by atoms with van der Waals surface area (Å²) in [5.74, 6) is 0.781. The molecule has 1 unspecified atom stereocenters. The van der Waals surface area contributed by atoms with Crippen molar-refractivity contribution >= 4 is 39.1 Å². The zero-order valence-corrected chi connectivity index (χ0v) is 13.7. The maximum atomic E-state index is 6.37. The molecule has 0 radical (unpaired) electrons. The second-order valence-corrected chi connectivity index (χ2v) is 5.96. The Morgan fingerprint density at radius 2 is 1.84 bits per heavy atom. The first-order valence-electron chi connectivity index (χ1n) is 5.77. The minimum atomic E-state index is -0.0615. The lowest BCUT2D eigenvalue weighted by molar-refractivity contribution is 0.410. The van der Waals surface area contributed by atoms with E-state index in [1.54, 1.807) is 7.11 Å². The lowest BCUT2D eigenvalue weighted by Crippen LogP contribution is -1.98. The van der Waals surface area contributed by atoms with Gasteiger partial charge in [-0.2, -0.15) is 0 Å². The molecule has 0 amide bonds. The quantitative estimate of drug-likeness (QED) is 0.629. The third-order valence-corrected chi connectivity index (χ3v) is 4.70. The van der Waals surface area contributed by atoms with Gasteiger partial charge in [0.1, 0.15) is 5.75 Å². The molecule has 19 heavy (non-hydrogen) atoms. The molecule has 0 aliphatic rings. The van der Waals surface area contributed by atoms with E-state index in [1.807, 2.05) is 43.3 Å². The zero-order valence-electron chi connectivity index (χ0n) is 10.6. The average molecular weight is 360 g/mol. The number of alkyl halides is 1. The zero-order chi connectivity index (χ0) is 14.0. The summed E-state index contributed by atoms with van der Waals surface area (Å²) in [6, 6.07) is 11.5. The number of rotatable bonds is 3. The van der Waals surface area contributed by atoms with Crippen molar-refractivity contribution in [3.05, 3.63) is 63.1 Å². The Morgan fingerprint density at radius 1 is 1.11 bits per heavy atom. The van der Waals surface area contributed by atoms with Crippen LogP contribution in [0.15, 0.2) is 36.4 Å². The van der Waals surface area contributed by atoms with Crippen molar-refractivity contribution in [3.8, 4) is 5.75 Å². The highest BCUT2D eigenvalue weighted by Crippen LogP contribution is 2.41. The van der Waals surface area contributed by atoms with Crippen molar-refractivity contribution in [1.82, 2.24) is 0 Å². The first kappa shape index (κ1) is 14.7. The Hall–Kier alpha value is -0.700. The minimum absolute atomic E-state index is 0.0615. The van der Waals surface area contributed by atoms with Gasteiger partial charge in [0.15, 0.2) is 0 Å². The monoisotopic (exact) mass is 358 g/mol. The molecule has 0 aliphatic carbocycles. The van der Waals surface area contributed by atoms with Crippen LogP contribution in [0.5, 0.6) is 5.75 Å². The van der Waals surface area contributed by atoms with E-state index >= 15 is 0 Å². The molecule has 0 aromatic heterocycles. The number of ether oxygens (including phenoxy) is 1. The summed E-state index contributed by atoms with van der Waals surface area (Å²) in [6.45, 7) is 1.99. The SMILES string of the molecule is COc1ccc(Cl)cc1C(Br)c1cccc(C)c1Cl. The van der Waals surface area contributed by atoms with Gasteiger partial charge < -0.3 is 4.74 Å². The summed E-state index contributed by atoms with van der Waals surface area (Å²) in [6.07, 6.45) is 0. The highest BCUT2D eigenvalue weighted by Gasteiger charge is 2.18. The van der Waals surface area contributed by atoms with Crippen LogP contribution >= 0.6 is 39.1 Å². The van der Waals surface area contributed by atoms with Crippen molar-refractivity contribution in [2.75, 3.05) is 7.11 Å². The van der Waals surface area contributed by atoms with Crippen LogP contribution in [0.3, 0.4) is 0 Å². The van der Waals surface area contributed by atoms with E-state index in [4.69, 9.17) is 27.9 Å². The van der Waals surface area contributed by atoms with Gasteiger partial charge in [0.05, 0.1) is 11.9 Å². The molecule has 0 fully saturated rings. The summed E-state index contributed by atoms with van der Waals surface area (Å²) >= 11 is 16.1. The number of hydrogen-bond donors (Lipinski definition) is 0. The first-order valence-corrected chi connectivity index (χ1v) is 7.44. The fraction of sp³-hybridized carbons (Fsp3) is 0.200. The second-order valence-electron chi connectivity index (χ2n) is 4.23. The van der Waals surface area contributed by atoms with Crippen molar-refractivity contribution < 1.29 is 4.74 Å². The Morgan fingerprint density at radius 3 is 2.53 bits per heavy atom. The number of methoxy groups -OCH3 is 1. The van der Waals surface area contributed by atoms with Gasteiger partial charge in [-0.25, -0.2) is 0 Å². The van der Waals surface area contributed by atoms with E-state index in [2.05, 4.69) is 15.9 Å². The molecule has 2 aromatic carbocycles. The van der Waals surface area contributed by atoms with Crippen LogP contribution in [0.25, 0.3) is 0 Å². The minimum Gasteiger partial charge on any atom is -0.496 e. The molecule has 0 saturated carbocycles. The predicted molar refractivity (Wildman–Crippen MR) is 85.0 cm³/mol. The molecule has 2 rings (SSSR count). The van der Waals surface area contributed by atoms with E-state index in [0.717, 1.165) is 27.5 Å². The third-order valence-electron chi connectivity index (χ3n) is 2.96. The fourth-order valence-corrected chi connectivity index (χ4v) is 3.22. The van der Waals surface area contributed by atoms with Crippen LogP contribution in [0.1, 0.15) is 21.5 Å². The first-order chi connectivity index (χ1) is 9.04. The number of hydrogen-bond acceptors (Lipinski definition) is 1.